The lowest BCUT2D eigenvalue weighted by Gasteiger charge is -2.29. The van der Waals surface area contributed by atoms with Gasteiger partial charge in [0.15, 0.2) is 0 Å². The molecule has 2 aromatic carbocycles. The molecule has 0 saturated carbocycles. The molecule has 0 bridgehead atoms. The summed E-state index contributed by atoms with van der Waals surface area (Å²) in [5.41, 5.74) is 2.38. The van der Waals surface area contributed by atoms with E-state index in [0.717, 1.165) is 53.6 Å². The number of aromatic nitrogens is 1. The van der Waals surface area contributed by atoms with Crippen LogP contribution < -0.4 is 10.1 Å². The van der Waals surface area contributed by atoms with E-state index in [4.69, 9.17) is 4.74 Å². The molecule has 0 spiro atoms. The van der Waals surface area contributed by atoms with E-state index in [0.29, 0.717) is 24.3 Å². The number of carbonyl (C=O) groups excluding carboxylic acids is 3. The Morgan fingerprint density at radius 1 is 1.08 bits per heavy atom. The molecule has 6 rings (SSSR count). The molecule has 1 unspecified atom stereocenters. The van der Waals surface area contributed by atoms with Gasteiger partial charge in [0.05, 0.1) is 11.3 Å². The van der Waals surface area contributed by atoms with Crippen molar-refractivity contribution in [3.8, 4) is 5.75 Å². The molecule has 3 aromatic rings. The number of amides is 3. The number of benzene rings is 2. The smallest absolute Gasteiger partial charge is 0.255 e. The summed E-state index contributed by atoms with van der Waals surface area (Å²) < 4.78 is 6.30. The Morgan fingerprint density at radius 2 is 1.92 bits per heavy atom. The highest BCUT2D eigenvalue weighted by Gasteiger charge is 2.39. The van der Waals surface area contributed by atoms with Crippen LogP contribution in [0, 0.1) is 0 Å². The number of piperidine rings is 1. The van der Waals surface area contributed by atoms with Gasteiger partial charge in [0.25, 0.3) is 5.91 Å². The zero-order valence-corrected chi connectivity index (χ0v) is 22.1. The van der Waals surface area contributed by atoms with Crippen molar-refractivity contribution in [1.29, 1.82) is 0 Å². The second kappa shape index (κ2) is 9.73. The number of imide groups is 1. The number of hydrogen-bond donors (Lipinski definition) is 2. The Kier molecular flexibility index (Phi) is 6.35. The first-order chi connectivity index (χ1) is 18.6. The molecular weight excluding hydrogens is 496 g/mol. The quantitative estimate of drug-likeness (QED) is 0.473. The molecule has 2 saturated heterocycles. The van der Waals surface area contributed by atoms with Gasteiger partial charge in [0.1, 0.15) is 17.9 Å². The summed E-state index contributed by atoms with van der Waals surface area (Å²) in [6.07, 6.45) is 3.37. The molecule has 1 aromatic heterocycles. The molecule has 0 radical (unpaired) electrons. The van der Waals surface area contributed by atoms with Gasteiger partial charge in [-0.1, -0.05) is 12.1 Å². The van der Waals surface area contributed by atoms with E-state index < -0.39 is 17.6 Å². The highest BCUT2D eigenvalue weighted by Crippen LogP contribution is 2.31. The maximum atomic E-state index is 12.9. The summed E-state index contributed by atoms with van der Waals surface area (Å²) >= 11 is 0. The number of hydrogen-bond acceptors (Lipinski definition) is 7. The Labute approximate surface area is 226 Å². The number of fused-ring (bicyclic) bond motifs is 2. The van der Waals surface area contributed by atoms with Crippen LogP contribution in [0.5, 0.6) is 5.75 Å². The largest absolute Gasteiger partial charge is 0.489 e. The number of aliphatic hydroxyl groups is 1. The number of likely N-dealkylation sites (tertiary alicyclic amines) is 1. The van der Waals surface area contributed by atoms with Crippen LogP contribution in [0.3, 0.4) is 0 Å². The summed E-state index contributed by atoms with van der Waals surface area (Å²) in [4.78, 5) is 45.3. The fourth-order valence-corrected chi connectivity index (χ4v) is 5.74. The van der Waals surface area contributed by atoms with E-state index in [9.17, 15) is 19.5 Å². The first-order valence-corrected chi connectivity index (χ1v) is 13.4. The maximum Gasteiger partial charge on any atom is 0.255 e. The van der Waals surface area contributed by atoms with Crippen molar-refractivity contribution in [3.05, 3.63) is 71.0 Å². The van der Waals surface area contributed by atoms with Gasteiger partial charge >= 0.3 is 0 Å². The third kappa shape index (κ3) is 5.12. The van der Waals surface area contributed by atoms with E-state index in [1.807, 2.05) is 36.5 Å². The lowest BCUT2D eigenvalue weighted by Crippen LogP contribution is -2.52. The lowest BCUT2D eigenvalue weighted by atomic mass is 9.96. The van der Waals surface area contributed by atoms with Gasteiger partial charge in [-0.15, -0.1) is 0 Å². The van der Waals surface area contributed by atoms with Crippen LogP contribution in [0.2, 0.25) is 0 Å². The Hall–Kier alpha value is -3.82. The number of nitrogens with one attached hydrogen (secondary N) is 1. The normalized spacial score (nSPS) is 21.9. The second-order valence-electron chi connectivity index (χ2n) is 11.3. The second-order valence-corrected chi connectivity index (χ2v) is 11.3. The minimum atomic E-state index is -0.890. The van der Waals surface area contributed by atoms with Crippen molar-refractivity contribution >= 4 is 28.5 Å². The van der Waals surface area contributed by atoms with Crippen molar-refractivity contribution < 1.29 is 24.2 Å². The molecule has 3 amide bonds. The number of ether oxygens (including phenoxy) is 1. The summed E-state index contributed by atoms with van der Waals surface area (Å²) in [6, 6.07) is 12.9. The zero-order valence-electron chi connectivity index (χ0n) is 22.1. The fraction of sp³-hybridized carbons (Fsp3) is 0.400. The van der Waals surface area contributed by atoms with Gasteiger partial charge in [-0.05, 0) is 73.5 Å². The van der Waals surface area contributed by atoms with Gasteiger partial charge in [-0.3, -0.25) is 29.6 Å². The molecule has 0 aliphatic carbocycles. The summed E-state index contributed by atoms with van der Waals surface area (Å²) in [5, 5.41) is 14.7. The van der Waals surface area contributed by atoms with E-state index in [1.165, 1.54) is 0 Å². The highest BCUT2D eigenvalue weighted by molar-refractivity contribution is 6.05. The zero-order chi connectivity index (χ0) is 27.3. The van der Waals surface area contributed by atoms with Crippen LogP contribution in [-0.2, 0) is 28.3 Å². The monoisotopic (exact) mass is 528 g/mol. The van der Waals surface area contributed by atoms with E-state index >= 15 is 0 Å². The summed E-state index contributed by atoms with van der Waals surface area (Å²) in [6.45, 7) is 6.28. The van der Waals surface area contributed by atoms with Crippen LogP contribution in [0.15, 0.2) is 48.7 Å². The maximum absolute atomic E-state index is 12.9. The molecule has 3 aliphatic rings. The molecular formula is C30H32N4O5. The van der Waals surface area contributed by atoms with E-state index in [1.54, 1.807) is 24.8 Å². The molecule has 2 atom stereocenters. The first kappa shape index (κ1) is 25.5. The molecule has 2 fully saturated rings. The van der Waals surface area contributed by atoms with Gasteiger partial charge < -0.3 is 14.7 Å². The first-order valence-electron chi connectivity index (χ1n) is 13.4. The number of nitrogens with zero attached hydrogens (tertiary/aromatic N) is 3. The molecule has 9 nitrogen and oxygen atoms in total. The Morgan fingerprint density at radius 3 is 2.72 bits per heavy atom. The number of rotatable bonds is 6. The number of pyridine rings is 1. The van der Waals surface area contributed by atoms with E-state index in [-0.39, 0.29) is 24.3 Å². The van der Waals surface area contributed by atoms with Gasteiger partial charge in [-0.2, -0.15) is 0 Å². The van der Waals surface area contributed by atoms with Crippen LogP contribution in [-0.4, -0.2) is 62.8 Å². The fourth-order valence-electron chi connectivity index (χ4n) is 5.74. The lowest BCUT2D eigenvalue weighted by molar-refractivity contribution is -0.136. The predicted octanol–water partition coefficient (Wildman–Crippen LogP) is 2.88. The molecule has 202 valence electrons. The van der Waals surface area contributed by atoms with Crippen LogP contribution in [0.4, 0.5) is 0 Å². The SMILES string of the molecule is CC(C)(O)c1ccc2cc(CN3CC[C@H](Oc4ccc5c(c4)CN(C4CCC(=O)NC4=O)C5=O)C3)ncc2c1. The van der Waals surface area contributed by atoms with Gasteiger partial charge in [0, 0.05) is 49.7 Å². The third-order valence-electron chi connectivity index (χ3n) is 7.90. The van der Waals surface area contributed by atoms with Crippen LogP contribution in [0.25, 0.3) is 10.8 Å². The van der Waals surface area contributed by atoms with Gasteiger partial charge in [-0.25, -0.2) is 0 Å². The third-order valence-corrected chi connectivity index (χ3v) is 7.90. The summed E-state index contributed by atoms with van der Waals surface area (Å²) in [7, 11) is 0. The predicted molar refractivity (Wildman–Crippen MR) is 144 cm³/mol. The molecule has 3 aliphatic heterocycles. The minimum absolute atomic E-state index is 0.0289. The van der Waals surface area contributed by atoms with Crippen molar-refractivity contribution in [2.45, 2.75) is 63.9 Å². The van der Waals surface area contributed by atoms with Crippen molar-refractivity contribution in [3.63, 3.8) is 0 Å². The Balaban J connectivity index is 1.07. The standard InChI is InChI=1S/C30H32N4O5/c1-30(2,38)21-4-3-18-12-22(31-14-19(18)11-21)16-33-10-9-24(17-33)39-23-5-6-25-20(13-23)15-34(29(25)37)26-7-8-27(35)32-28(26)36/h3-6,11-14,24,26,38H,7-10,15-17H2,1-2H3,(H,32,35,36)/t24-,26?/m0/s1. The van der Waals surface area contributed by atoms with E-state index in [2.05, 4.69) is 21.3 Å². The summed E-state index contributed by atoms with van der Waals surface area (Å²) in [5.74, 6) is -0.171. The highest BCUT2D eigenvalue weighted by atomic mass is 16.5. The van der Waals surface area contributed by atoms with Gasteiger partial charge in [0.2, 0.25) is 11.8 Å². The minimum Gasteiger partial charge on any atom is -0.489 e. The van der Waals surface area contributed by atoms with Crippen molar-refractivity contribution in [2.75, 3.05) is 13.1 Å². The number of carbonyl (C=O) groups is 3. The average molecular weight is 529 g/mol. The molecule has 4 heterocycles. The van der Waals surface area contributed by atoms with Crippen molar-refractivity contribution in [1.82, 2.24) is 20.1 Å². The molecule has 39 heavy (non-hydrogen) atoms. The average Bonchev–Trinajstić information content (AvgIpc) is 3.46. The Bertz CT molecular complexity index is 1480. The molecule has 2 N–H and O–H groups in total. The molecule has 9 heteroatoms. The topological polar surface area (TPSA) is 112 Å². The van der Waals surface area contributed by atoms with Crippen LogP contribution in [0.1, 0.15) is 60.3 Å². The van der Waals surface area contributed by atoms with Crippen molar-refractivity contribution in [2.24, 2.45) is 0 Å². The van der Waals surface area contributed by atoms with Crippen LogP contribution >= 0.6 is 0 Å².